The third kappa shape index (κ3) is 4.24. The van der Waals surface area contributed by atoms with E-state index >= 15 is 0 Å². The maximum atomic E-state index is 13.8. The van der Waals surface area contributed by atoms with Crippen molar-refractivity contribution >= 4 is 17.7 Å². The second-order valence-corrected chi connectivity index (χ2v) is 8.35. The van der Waals surface area contributed by atoms with Crippen molar-refractivity contribution in [1.29, 1.82) is 0 Å². The number of nitrogens with two attached hydrogens (primary N) is 1. The number of rotatable bonds is 4. The molecular weight excluding hydrogens is 408 g/mol. The highest BCUT2D eigenvalue weighted by atomic mass is 19.3. The van der Waals surface area contributed by atoms with Crippen LogP contribution in [-0.2, 0) is 9.47 Å². The molecule has 2 aliphatic rings. The molecule has 2 N–H and O–H groups in total. The summed E-state index contributed by atoms with van der Waals surface area (Å²) in [7, 11) is 0. The SMILES string of the molecule is C[C@@H]1COCCN1c1nc(-c2c(C(F)F)ccnc2N)nc(N2CCOCC2(C)C)n1. The Kier molecular flexibility index (Phi) is 5.89. The molecule has 0 saturated carbocycles. The summed E-state index contributed by atoms with van der Waals surface area (Å²) in [6, 6.07) is 1.27. The monoisotopic (exact) mass is 435 g/mol. The van der Waals surface area contributed by atoms with Gasteiger partial charge in [0.25, 0.3) is 6.43 Å². The molecule has 0 unspecified atom stereocenters. The minimum Gasteiger partial charge on any atom is -0.383 e. The number of hydrogen-bond donors (Lipinski definition) is 1. The second kappa shape index (κ2) is 8.46. The van der Waals surface area contributed by atoms with Crippen LogP contribution in [0.3, 0.4) is 0 Å². The molecule has 2 aromatic heterocycles. The van der Waals surface area contributed by atoms with Gasteiger partial charge >= 0.3 is 0 Å². The van der Waals surface area contributed by atoms with Crippen molar-refractivity contribution in [2.75, 3.05) is 55.1 Å². The summed E-state index contributed by atoms with van der Waals surface area (Å²) >= 11 is 0. The number of halogens is 2. The molecule has 0 amide bonds. The zero-order valence-electron chi connectivity index (χ0n) is 17.9. The minimum atomic E-state index is -2.74. The van der Waals surface area contributed by atoms with Crippen molar-refractivity contribution in [3.8, 4) is 11.4 Å². The molecule has 4 rings (SSSR count). The van der Waals surface area contributed by atoms with Gasteiger partial charge in [-0.2, -0.15) is 15.0 Å². The third-order valence-corrected chi connectivity index (χ3v) is 5.59. The number of hydrogen-bond acceptors (Lipinski definition) is 9. The highest BCUT2D eigenvalue weighted by Crippen LogP contribution is 2.35. The molecule has 0 spiro atoms. The highest BCUT2D eigenvalue weighted by Gasteiger charge is 2.34. The lowest BCUT2D eigenvalue weighted by atomic mass is 10.0. The summed E-state index contributed by atoms with van der Waals surface area (Å²) in [5, 5.41) is 0. The Balaban J connectivity index is 1.89. The summed E-state index contributed by atoms with van der Waals surface area (Å²) in [6.07, 6.45) is -1.48. The fourth-order valence-electron chi connectivity index (χ4n) is 3.89. The number of nitrogen functional groups attached to an aromatic ring is 1. The van der Waals surface area contributed by atoms with Crippen molar-refractivity contribution in [1.82, 2.24) is 19.9 Å². The van der Waals surface area contributed by atoms with Crippen LogP contribution in [-0.4, -0.2) is 71.0 Å². The average Bonchev–Trinajstić information content (AvgIpc) is 2.73. The number of nitrogens with zero attached hydrogens (tertiary/aromatic N) is 6. The van der Waals surface area contributed by atoms with Gasteiger partial charge in [-0.25, -0.2) is 13.8 Å². The van der Waals surface area contributed by atoms with Gasteiger partial charge in [-0.3, -0.25) is 0 Å². The molecule has 0 bridgehead atoms. The fourth-order valence-corrected chi connectivity index (χ4v) is 3.89. The van der Waals surface area contributed by atoms with Gasteiger partial charge in [-0.1, -0.05) is 0 Å². The van der Waals surface area contributed by atoms with Gasteiger partial charge in [0.15, 0.2) is 5.82 Å². The van der Waals surface area contributed by atoms with E-state index in [1.807, 2.05) is 30.6 Å². The predicted octanol–water partition coefficient (Wildman–Crippen LogP) is 2.29. The number of anilines is 3. The molecule has 0 aromatic carbocycles. The first-order chi connectivity index (χ1) is 14.8. The fraction of sp³-hybridized carbons (Fsp3) is 0.600. The number of pyridine rings is 1. The van der Waals surface area contributed by atoms with Crippen LogP contribution < -0.4 is 15.5 Å². The Labute approximate surface area is 179 Å². The summed E-state index contributed by atoms with van der Waals surface area (Å²) in [4.78, 5) is 21.9. The Bertz CT molecular complexity index is 944. The summed E-state index contributed by atoms with van der Waals surface area (Å²) < 4.78 is 38.7. The van der Waals surface area contributed by atoms with Gasteiger partial charge in [0.2, 0.25) is 11.9 Å². The van der Waals surface area contributed by atoms with Crippen LogP contribution in [0, 0.1) is 0 Å². The first kappa shape index (κ1) is 21.6. The van der Waals surface area contributed by atoms with Crippen LogP contribution in [0.4, 0.5) is 26.5 Å². The summed E-state index contributed by atoms with van der Waals surface area (Å²) in [5.74, 6) is 0.844. The van der Waals surface area contributed by atoms with Crippen LogP contribution in [0.2, 0.25) is 0 Å². The van der Waals surface area contributed by atoms with Crippen molar-refractivity contribution in [3.63, 3.8) is 0 Å². The predicted molar refractivity (Wildman–Crippen MR) is 112 cm³/mol. The maximum absolute atomic E-state index is 13.8. The third-order valence-electron chi connectivity index (χ3n) is 5.59. The topological polar surface area (TPSA) is 103 Å². The van der Waals surface area contributed by atoms with Gasteiger partial charge in [0.05, 0.1) is 43.6 Å². The average molecular weight is 435 g/mol. The van der Waals surface area contributed by atoms with Gasteiger partial charge < -0.3 is 25.0 Å². The van der Waals surface area contributed by atoms with E-state index in [2.05, 4.69) is 15.0 Å². The van der Waals surface area contributed by atoms with Crippen LogP contribution in [0.25, 0.3) is 11.4 Å². The van der Waals surface area contributed by atoms with Crippen LogP contribution in [0.1, 0.15) is 32.8 Å². The lowest BCUT2D eigenvalue weighted by Gasteiger charge is -2.42. The van der Waals surface area contributed by atoms with Crippen LogP contribution >= 0.6 is 0 Å². The standard InChI is InChI=1S/C20H27F2N7O2/c1-12-10-30-8-6-28(12)18-25-17(14-13(15(21)22)4-5-24-16(14)23)26-19(27-18)29-7-9-31-11-20(29,2)3/h4-5,12,15H,6-11H2,1-3H3,(H2,23,24)/t12-/m1/s1. The molecule has 2 aromatic rings. The lowest BCUT2D eigenvalue weighted by molar-refractivity contribution is 0.0633. The maximum Gasteiger partial charge on any atom is 0.264 e. The smallest absolute Gasteiger partial charge is 0.264 e. The molecule has 2 aliphatic heterocycles. The first-order valence-corrected chi connectivity index (χ1v) is 10.3. The van der Waals surface area contributed by atoms with E-state index in [0.29, 0.717) is 51.4 Å². The molecule has 31 heavy (non-hydrogen) atoms. The van der Waals surface area contributed by atoms with Gasteiger partial charge in [0, 0.05) is 24.8 Å². The van der Waals surface area contributed by atoms with Crippen molar-refractivity contribution in [2.24, 2.45) is 0 Å². The molecular formula is C20H27F2N7O2. The molecule has 2 saturated heterocycles. The quantitative estimate of drug-likeness (QED) is 0.775. The Morgan fingerprint density at radius 1 is 1.13 bits per heavy atom. The molecule has 4 heterocycles. The second-order valence-electron chi connectivity index (χ2n) is 8.35. The summed E-state index contributed by atoms with van der Waals surface area (Å²) in [6.45, 7) is 9.27. The Morgan fingerprint density at radius 2 is 1.87 bits per heavy atom. The van der Waals surface area contributed by atoms with Gasteiger partial charge in [0.1, 0.15) is 5.82 Å². The van der Waals surface area contributed by atoms with Crippen LogP contribution in [0.15, 0.2) is 12.3 Å². The van der Waals surface area contributed by atoms with Crippen molar-refractivity contribution in [3.05, 3.63) is 17.8 Å². The van der Waals surface area contributed by atoms with E-state index in [4.69, 9.17) is 20.2 Å². The molecule has 168 valence electrons. The van der Waals surface area contributed by atoms with Crippen molar-refractivity contribution in [2.45, 2.75) is 38.8 Å². The number of alkyl halides is 2. The van der Waals surface area contributed by atoms with E-state index in [9.17, 15) is 8.78 Å². The van der Waals surface area contributed by atoms with Gasteiger partial charge in [-0.15, -0.1) is 0 Å². The zero-order valence-corrected chi connectivity index (χ0v) is 17.9. The lowest BCUT2D eigenvalue weighted by Crippen LogP contribution is -2.54. The molecule has 2 fully saturated rings. The van der Waals surface area contributed by atoms with E-state index in [1.54, 1.807) is 0 Å². The van der Waals surface area contributed by atoms with E-state index in [1.165, 1.54) is 12.3 Å². The number of aromatic nitrogens is 4. The molecule has 11 heteroatoms. The highest BCUT2D eigenvalue weighted by molar-refractivity contribution is 5.73. The molecule has 0 aliphatic carbocycles. The zero-order chi connectivity index (χ0) is 22.2. The van der Waals surface area contributed by atoms with Gasteiger partial charge in [-0.05, 0) is 26.8 Å². The normalized spacial score (nSPS) is 21.5. The van der Waals surface area contributed by atoms with Crippen LogP contribution in [0.5, 0.6) is 0 Å². The Morgan fingerprint density at radius 3 is 2.58 bits per heavy atom. The molecule has 0 radical (unpaired) electrons. The number of morpholine rings is 2. The van der Waals surface area contributed by atoms with E-state index in [-0.39, 0.29) is 34.3 Å². The van der Waals surface area contributed by atoms with E-state index in [0.717, 1.165) is 0 Å². The molecule has 9 nitrogen and oxygen atoms in total. The Hall–Kier alpha value is -2.66. The first-order valence-electron chi connectivity index (χ1n) is 10.3. The largest absolute Gasteiger partial charge is 0.383 e. The van der Waals surface area contributed by atoms with Crippen molar-refractivity contribution < 1.29 is 18.3 Å². The summed E-state index contributed by atoms with van der Waals surface area (Å²) in [5.41, 5.74) is 5.42. The number of ether oxygens (including phenoxy) is 2. The van der Waals surface area contributed by atoms with E-state index < -0.39 is 6.43 Å². The molecule has 1 atom stereocenters. The minimum absolute atomic E-state index is 0.0235.